The van der Waals surface area contributed by atoms with Gasteiger partial charge in [-0.05, 0) is 19.7 Å². The molecule has 0 aliphatic carbocycles. The average Bonchev–Trinajstić information content (AvgIpc) is 2.05. The van der Waals surface area contributed by atoms with E-state index in [9.17, 15) is 0 Å². The lowest BCUT2D eigenvalue weighted by Crippen LogP contribution is -2.04. The van der Waals surface area contributed by atoms with Gasteiger partial charge in [0.15, 0.2) is 0 Å². The van der Waals surface area contributed by atoms with Gasteiger partial charge in [0.25, 0.3) is 0 Å². The van der Waals surface area contributed by atoms with Crippen molar-refractivity contribution in [2.45, 2.75) is 6.92 Å². The van der Waals surface area contributed by atoms with E-state index in [2.05, 4.69) is 23.6 Å². The topological polar surface area (TPSA) is 24.4 Å². The third-order valence-corrected chi connectivity index (χ3v) is 1.30. The SMILES string of the molecule is C=C/C=C\C(NC)=C(/C)N=C. The summed E-state index contributed by atoms with van der Waals surface area (Å²) in [7, 11) is 1.84. The predicted molar refractivity (Wildman–Crippen MR) is 50.6 cm³/mol. The second-order valence-electron chi connectivity index (χ2n) is 2.00. The first kappa shape index (κ1) is 9.69. The number of hydrogen-bond donors (Lipinski definition) is 1. The average molecular weight is 150 g/mol. The van der Waals surface area contributed by atoms with Crippen molar-refractivity contribution in [3.05, 3.63) is 36.2 Å². The van der Waals surface area contributed by atoms with Crippen molar-refractivity contribution in [2.75, 3.05) is 7.05 Å². The van der Waals surface area contributed by atoms with Crippen LogP contribution in [0.5, 0.6) is 0 Å². The predicted octanol–water partition coefficient (Wildman–Crippen LogP) is 1.88. The molecule has 0 saturated carbocycles. The van der Waals surface area contributed by atoms with E-state index in [-0.39, 0.29) is 0 Å². The van der Waals surface area contributed by atoms with Crippen LogP contribution in [0.1, 0.15) is 6.92 Å². The van der Waals surface area contributed by atoms with Gasteiger partial charge in [-0.3, -0.25) is 4.99 Å². The summed E-state index contributed by atoms with van der Waals surface area (Å²) in [5.41, 5.74) is 1.84. The molecule has 0 amide bonds. The Hall–Kier alpha value is -1.31. The molecule has 0 saturated heterocycles. The standard InChI is InChI=1S/C9H14N2/c1-5-6-7-9(11-4)8(2)10-3/h5-7,11H,1,3H2,2,4H3/b7-6-,9-8-. The van der Waals surface area contributed by atoms with Gasteiger partial charge in [-0.25, -0.2) is 0 Å². The Morgan fingerprint density at radius 2 is 2.18 bits per heavy atom. The van der Waals surface area contributed by atoms with Crippen molar-refractivity contribution >= 4 is 6.72 Å². The monoisotopic (exact) mass is 150 g/mol. The first-order valence-corrected chi connectivity index (χ1v) is 3.40. The number of nitrogens with zero attached hydrogens (tertiary/aromatic N) is 1. The zero-order chi connectivity index (χ0) is 8.69. The van der Waals surface area contributed by atoms with Gasteiger partial charge in [0.1, 0.15) is 0 Å². The van der Waals surface area contributed by atoms with Gasteiger partial charge in [-0.2, -0.15) is 0 Å². The molecule has 0 bridgehead atoms. The van der Waals surface area contributed by atoms with E-state index in [4.69, 9.17) is 0 Å². The van der Waals surface area contributed by atoms with Crippen LogP contribution in [0.15, 0.2) is 41.2 Å². The normalized spacial score (nSPS) is 12.5. The molecule has 2 heteroatoms. The zero-order valence-electron chi connectivity index (χ0n) is 7.09. The number of nitrogens with one attached hydrogen (secondary N) is 1. The molecule has 0 aliphatic heterocycles. The summed E-state index contributed by atoms with van der Waals surface area (Å²) >= 11 is 0. The molecule has 0 radical (unpaired) electrons. The van der Waals surface area contributed by atoms with Gasteiger partial charge in [0.2, 0.25) is 0 Å². The van der Waals surface area contributed by atoms with Crippen LogP contribution in [0.4, 0.5) is 0 Å². The van der Waals surface area contributed by atoms with Crippen LogP contribution in [0.25, 0.3) is 0 Å². The van der Waals surface area contributed by atoms with E-state index in [1.165, 1.54) is 0 Å². The minimum absolute atomic E-state index is 0.880. The molecule has 60 valence electrons. The molecule has 0 aromatic heterocycles. The van der Waals surface area contributed by atoms with E-state index >= 15 is 0 Å². The van der Waals surface area contributed by atoms with E-state index in [1.807, 2.05) is 26.1 Å². The second-order valence-corrected chi connectivity index (χ2v) is 2.00. The van der Waals surface area contributed by atoms with Crippen LogP contribution in [0.2, 0.25) is 0 Å². The van der Waals surface area contributed by atoms with Gasteiger partial charge in [0, 0.05) is 7.05 Å². The van der Waals surface area contributed by atoms with Crippen molar-refractivity contribution in [3.63, 3.8) is 0 Å². The third-order valence-electron chi connectivity index (χ3n) is 1.30. The van der Waals surface area contributed by atoms with Crippen molar-refractivity contribution in [2.24, 2.45) is 4.99 Å². The highest BCUT2D eigenvalue weighted by Gasteiger charge is 1.90. The smallest absolute Gasteiger partial charge is 0.0596 e. The first-order valence-electron chi connectivity index (χ1n) is 3.40. The molecule has 0 atom stereocenters. The lowest BCUT2D eigenvalue weighted by Gasteiger charge is -2.01. The zero-order valence-corrected chi connectivity index (χ0v) is 7.09. The molecular formula is C9H14N2. The molecule has 0 spiro atoms. The van der Waals surface area contributed by atoms with Crippen molar-refractivity contribution in [1.82, 2.24) is 5.32 Å². The van der Waals surface area contributed by atoms with Crippen LogP contribution in [-0.2, 0) is 0 Å². The lowest BCUT2D eigenvalue weighted by molar-refractivity contribution is 0.992. The van der Waals surface area contributed by atoms with Crippen LogP contribution in [0, 0.1) is 0 Å². The highest BCUT2D eigenvalue weighted by atomic mass is 14.9. The quantitative estimate of drug-likeness (QED) is 0.480. The van der Waals surface area contributed by atoms with Crippen molar-refractivity contribution in [3.8, 4) is 0 Å². The summed E-state index contributed by atoms with van der Waals surface area (Å²) in [6, 6.07) is 0. The Morgan fingerprint density at radius 1 is 1.55 bits per heavy atom. The summed E-state index contributed by atoms with van der Waals surface area (Å²) in [6.07, 6.45) is 5.46. The maximum absolute atomic E-state index is 3.79. The molecule has 0 unspecified atom stereocenters. The molecule has 0 aromatic carbocycles. The number of aliphatic imine (C=N–C) groups is 1. The highest BCUT2D eigenvalue weighted by molar-refractivity contribution is 5.33. The van der Waals surface area contributed by atoms with Gasteiger partial charge in [-0.1, -0.05) is 18.7 Å². The van der Waals surface area contributed by atoms with Crippen molar-refractivity contribution < 1.29 is 0 Å². The second kappa shape index (κ2) is 5.47. The summed E-state index contributed by atoms with van der Waals surface area (Å²) in [5.74, 6) is 0. The largest absolute Gasteiger partial charge is 0.387 e. The molecule has 1 N–H and O–H groups in total. The Balaban J connectivity index is 4.50. The molecule has 0 heterocycles. The van der Waals surface area contributed by atoms with Gasteiger partial charge in [0.05, 0.1) is 11.4 Å². The minimum atomic E-state index is 0.880. The van der Waals surface area contributed by atoms with Crippen LogP contribution >= 0.6 is 0 Å². The molecule has 11 heavy (non-hydrogen) atoms. The maximum atomic E-state index is 3.79. The number of likely N-dealkylation sites (N-methyl/N-ethyl adjacent to an activating group) is 1. The maximum Gasteiger partial charge on any atom is 0.0596 e. The summed E-state index contributed by atoms with van der Waals surface area (Å²) < 4.78 is 0. The number of allylic oxidation sites excluding steroid dienone is 4. The summed E-state index contributed by atoms with van der Waals surface area (Å²) in [6.45, 7) is 8.89. The lowest BCUT2D eigenvalue weighted by atomic mass is 10.3. The molecule has 0 aliphatic rings. The Labute approximate surface area is 68.0 Å². The van der Waals surface area contributed by atoms with Crippen LogP contribution in [0.3, 0.4) is 0 Å². The fourth-order valence-corrected chi connectivity index (χ4v) is 0.634. The Morgan fingerprint density at radius 3 is 2.55 bits per heavy atom. The molecule has 0 aromatic rings. The Kier molecular flexibility index (Phi) is 4.82. The van der Waals surface area contributed by atoms with Crippen LogP contribution < -0.4 is 5.32 Å². The third kappa shape index (κ3) is 3.40. The fraction of sp³-hybridized carbons (Fsp3) is 0.222. The first-order chi connectivity index (χ1) is 5.26. The van der Waals surface area contributed by atoms with E-state index < -0.39 is 0 Å². The van der Waals surface area contributed by atoms with Gasteiger partial charge in [-0.15, -0.1) is 0 Å². The number of hydrogen-bond acceptors (Lipinski definition) is 2. The summed E-state index contributed by atoms with van der Waals surface area (Å²) in [4.78, 5) is 3.79. The van der Waals surface area contributed by atoms with Crippen molar-refractivity contribution in [1.29, 1.82) is 0 Å². The minimum Gasteiger partial charge on any atom is -0.387 e. The van der Waals surface area contributed by atoms with Crippen LogP contribution in [-0.4, -0.2) is 13.8 Å². The number of rotatable bonds is 4. The Bertz CT molecular complexity index is 200. The van der Waals surface area contributed by atoms with E-state index in [0.717, 1.165) is 11.4 Å². The molecular weight excluding hydrogens is 136 g/mol. The fourth-order valence-electron chi connectivity index (χ4n) is 0.634. The highest BCUT2D eigenvalue weighted by Crippen LogP contribution is 2.01. The molecule has 0 rings (SSSR count). The van der Waals surface area contributed by atoms with E-state index in [0.29, 0.717) is 0 Å². The van der Waals surface area contributed by atoms with Gasteiger partial charge >= 0.3 is 0 Å². The molecule has 0 fully saturated rings. The molecule has 2 nitrogen and oxygen atoms in total. The van der Waals surface area contributed by atoms with E-state index in [1.54, 1.807) is 6.08 Å². The van der Waals surface area contributed by atoms with Gasteiger partial charge < -0.3 is 5.32 Å². The summed E-state index contributed by atoms with van der Waals surface area (Å²) in [5, 5.41) is 3.00.